The summed E-state index contributed by atoms with van der Waals surface area (Å²) in [7, 11) is 0. The van der Waals surface area contributed by atoms with Gasteiger partial charge in [0.05, 0.1) is 16.1 Å². The van der Waals surface area contributed by atoms with Gasteiger partial charge in [0, 0.05) is 5.69 Å². The molecule has 0 bridgehead atoms. The van der Waals surface area contributed by atoms with Gasteiger partial charge in [-0.1, -0.05) is 0 Å². The van der Waals surface area contributed by atoms with Crippen molar-refractivity contribution in [1.29, 1.82) is 0 Å². The Hall–Kier alpha value is -1.73. The van der Waals surface area contributed by atoms with E-state index in [1.54, 1.807) is 19.2 Å². The number of fused-ring (bicyclic) bond motifs is 1. The summed E-state index contributed by atoms with van der Waals surface area (Å²) in [6.45, 7) is 1.80. The molecule has 0 fully saturated rings. The van der Waals surface area contributed by atoms with Crippen molar-refractivity contribution < 1.29 is 4.39 Å². The largest absolute Gasteiger partial charge is 0.339 e. The zero-order valence-electron chi connectivity index (χ0n) is 10.2. The van der Waals surface area contributed by atoms with Gasteiger partial charge < -0.3 is 5.32 Å². The van der Waals surface area contributed by atoms with Crippen LogP contribution in [0.5, 0.6) is 0 Å². The second kappa shape index (κ2) is 4.99. The molecule has 102 valence electrons. The molecule has 0 unspecified atom stereocenters. The quantitative estimate of drug-likeness (QED) is 0.682. The average Bonchev–Trinajstić information content (AvgIpc) is 2.84. The first-order valence-electron chi connectivity index (χ1n) is 5.64. The van der Waals surface area contributed by atoms with Crippen LogP contribution >= 0.6 is 27.5 Å². The fraction of sp³-hybridized carbons (Fsp3) is 0.0833. The minimum Gasteiger partial charge on any atom is -0.339 e. The Balaban J connectivity index is 2.09. The molecule has 2 heterocycles. The molecule has 0 aliphatic rings. The van der Waals surface area contributed by atoms with E-state index in [9.17, 15) is 4.39 Å². The van der Waals surface area contributed by atoms with Gasteiger partial charge in [-0.15, -0.1) is 0 Å². The second-order valence-corrected chi connectivity index (χ2v) is 5.37. The third-order valence-corrected chi connectivity index (χ3v) is 3.58. The highest BCUT2D eigenvalue weighted by Gasteiger charge is 2.11. The fourth-order valence-electron chi connectivity index (χ4n) is 1.81. The summed E-state index contributed by atoms with van der Waals surface area (Å²) < 4.78 is 13.8. The van der Waals surface area contributed by atoms with E-state index < -0.39 is 0 Å². The molecule has 20 heavy (non-hydrogen) atoms. The highest BCUT2D eigenvalue weighted by Crippen LogP contribution is 2.29. The van der Waals surface area contributed by atoms with E-state index in [0.29, 0.717) is 21.3 Å². The summed E-state index contributed by atoms with van der Waals surface area (Å²) in [6, 6.07) is 3.08. The number of nitrogens with zero attached hydrogens (tertiary/aromatic N) is 3. The number of rotatable bonds is 2. The number of nitrogens with one attached hydrogen (secondary N) is 2. The Morgan fingerprint density at radius 3 is 2.95 bits per heavy atom. The van der Waals surface area contributed by atoms with E-state index in [0.717, 1.165) is 11.3 Å². The number of benzene rings is 1. The lowest BCUT2D eigenvalue weighted by Gasteiger charge is -2.10. The van der Waals surface area contributed by atoms with E-state index in [4.69, 9.17) is 11.6 Å². The number of H-pyrrole nitrogens is 1. The molecule has 0 aliphatic carbocycles. The molecule has 2 N–H and O–H groups in total. The van der Waals surface area contributed by atoms with Crippen LogP contribution in [-0.4, -0.2) is 20.2 Å². The number of aromatic nitrogens is 4. The third kappa shape index (κ3) is 2.34. The lowest BCUT2D eigenvalue weighted by molar-refractivity contribution is 0.620. The van der Waals surface area contributed by atoms with Gasteiger partial charge in [-0.2, -0.15) is 15.1 Å². The predicted molar refractivity (Wildman–Crippen MR) is 78.8 cm³/mol. The molecular weight excluding hydrogens is 349 g/mol. The van der Waals surface area contributed by atoms with Crippen molar-refractivity contribution in [3.05, 3.63) is 39.5 Å². The molecule has 5 nitrogen and oxygen atoms in total. The van der Waals surface area contributed by atoms with Gasteiger partial charge in [-0.05, 0) is 52.2 Å². The average molecular weight is 357 g/mol. The summed E-state index contributed by atoms with van der Waals surface area (Å²) in [4.78, 5) is 8.16. The van der Waals surface area contributed by atoms with Crippen molar-refractivity contribution in [3.8, 4) is 0 Å². The summed E-state index contributed by atoms with van der Waals surface area (Å²) in [5, 5.41) is 10.6. The predicted octanol–water partition coefficient (Wildman–Crippen LogP) is 3.96. The van der Waals surface area contributed by atoms with E-state index >= 15 is 0 Å². The number of halogens is 3. The van der Waals surface area contributed by atoms with E-state index in [1.165, 1.54) is 6.07 Å². The van der Waals surface area contributed by atoms with Crippen molar-refractivity contribution >= 4 is 50.1 Å². The van der Waals surface area contributed by atoms with Gasteiger partial charge in [0.1, 0.15) is 11.6 Å². The second-order valence-electron chi connectivity index (χ2n) is 4.18. The standard InChI is InChI=1S/C12H8BrClFN5/c1-5-2-8(15)7(13)3-9(5)17-10-6-4-16-20-11(6)19-12(14)18-10/h2-4H,1H3,(H2,16,17,18,19,20). The first-order valence-corrected chi connectivity index (χ1v) is 6.81. The van der Waals surface area contributed by atoms with Crippen molar-refractivity contribution in [2.75, 3.05) is 5.32 Å². The monoisotopic (exact) mass is 355 g/mol. The lowest BCUT2D eigenvalue weighted by Crippen LogP contribution is -1.99. The van der Waals surface area contributed by atoms with Crippen LogP contribution < -0.4 is 5.32 Å². The van der Waals surface area contributed by atoms with Crippen LogP contribution in [0, 0.1) is 12.7 Å². The van der Waals surface area contributed by atoms with Crippen LogP contribution in [0.3, 0.4) is 0 Å². The number of hydrogen-bond donors (Lipinski definition) is 2. The molecule has 3 aromatic rings. The molecule has 0 amide bonds. The van der Waals surface area contributed by atoms with E-state index in [2.05, 4.69) is 41.4 Å². The highest BCUT2D eigenvalue weighted by atomic mass is 79.9. The van der Waals surface area contributed by atoms with Crippen molar-refractivity contribution in [2.24, 2.45) is 0 Å². The van der Waals surface area contributed by atoms with Crippen LogP contribution in [-0.2, 0) is 0 Å². The maximum absolute atomic E-state index is 13.4. The molecule has 3 rings (SSSR count). The molecule has 2 aromatic heterocycles. The first-order chi connectivity index (χ1) is 9.54. The normalized spacial score (nSPS) is 11.0. The maximum atomic E-state index is 13.4. The van der Waals surface area contributed by atoms with Gasteiger partial charge in [-0.3, -0.25) is 5.10 Å². The zero-order chi connectivity index (χ0) is 14.3. The van der Waals surface area contributed by atoms with Crippen molar-refractivity contribution in [2.45, 2.75) is 6.92 Å². The molecule has 0 saturated carbocycles. The molecule has 1 aromatic carbocycles. The third-order valence-electron chi connectivity index (χ3n) is 2.80. The number of anilines is 2. The molecule has 0 aliphatic heterocycles. The van der Waals surface area contributed by atoms with Gasteiger partial charge in [0.25, 0.3) is 0 Å². The molecule has 0 saturated heterocycles. The van der Waals surface area contributed by atoms with Crippen LogP contribution in [0.2, 0.25) is 5.28 Å². The molecule has 8 heteroatoms. The SMILES string of the molecule is Cc1cc(F)c(Br)cc1Nc1nc(Cl)nc2[nH]ncc12. The van der Waals surface area contributed by atoms with E-state index in [-0.39, 0.29) is 11.1 Å². The topological polar surface area (TPSA) is 66.5 Å². The summed E-state index contributed by atoms with van der Waals surface area (Å²) in [6.07, 6.45) is 1.60. The van der Waals surface area contributed by atoms with Gasteiger partial charge >= 0.3 is 0 Å². The van der Waals surface area contributed by atoms with Crippen LogP contribution in [0.15, 0.2) is 22.8 Å². The minimum absolute atomic E-state index is 0.100. The first kappa shape index (κ1) is 13.3. The fourth-order valence-corrected chi connectivity index (χ4v) is 2.32. The summed E-state index contributed by atoms with van der Waals surface area (Å²) in [5.74, 6) is 0.192. The Labute approximate surface area is 126 Å². The van der Waals surface area contributed by atoms with Gasteiger partial charge in [-0.25, -0.2) is 4.39 Å². The Kier molecular flexibility index (Phi) is 3.31. The van der Waals surface area contributed by atoms with Crippen LogP contribution in [0.1, 0.15) is 5.56 Å². The Morgan fingerprint density at radius 2 is 2.15 bits per heavy atom. The van der Waals surface area contributed by atoms with Gasteiger partial charge in [0.2, 0.25) is 5.28 Å². The summed E-state index contributed by atoms with van der Waals surface area (Å²) in [5.41, 5.74) is 2.00. The zero-order valence-corrected chi connectivity index (χ0v) is 12.5. The molecule has 0 spiro atoms. The molecular formula is C12H8BrClFN5. The number of hydrogen-bond acceptors (Lipinski definition) is 4. The number of aromatic amines is 1. The Bertz CT molecular complexity index is 804. The Morgan fingerprint density at radius 1 is 1.35 bits per heavy atom. The maximum Gasteiger partial charge on any atom is 0.226 e. The smallest absolute Gasteiger partial charge is 0.226 e. The molecule has 0 radical (unpaired) electrons. The van der Waals surface area contributed by atoms with Crippen LogP contribution in [0.4, 0.5) is 15.9 Å². The van der Waals surface area contributed by atoms with Crippen molar-refractivity contribution in [1.82, 2.24) is 20.2 Å². The highest BCUT2D eigenvalue weighted by molar-refractivity contribution is 9.10. The van der Waals surface area contributed by atoms with Crippen molar-refractivity contribution in [3.63, 3.8) is 0 Å². The number of aryl methyl sites for hydroxylation is 1. The van der Waals surface area contributed by atoms with E-state index in [1.807, 2.05) is 0 Å². The molecule has 0 atom stereocenters. The van der Waals surface area contributed by atoms with Gasteiger partial charge in [0.15, 0.2) is 5.65 Å². The summed E-state index contributed by atoms with van der Waals surface area (Å²) >= 11 is 9.02. The minimum atomic E-state index is -0.317. The lowest BCUT2D eigenvalue weighted by atomic mass is 10.2. The van der Waals surface area contributed by atoms with Crippen LogP contribution in [0.25, 0.3) is 11.0 Å².